The van der Waals surface area contributed by atoms with Gasteiger partial charge in [0.15, 0.2) is 4.77 Å². The molecule has 3 rings (SSSR count). The van der Waals surface area contributed by atoms with E-state index in [9.17, 15) is 18.4 Å². The molecule has 1 aromatic heterocycles. The fourth-order valence-corrected chi connectivity index (χ4v) is 2.79. The highest BCUT2D eigenvalue weighted by Crippen LogP contribution is 2.16. The lowest BCUT2D eigenvalue weighted by molar-refractivity contribution is 0.102. The molecular formula is C18H13F2N3O2S. The summed E-state index contributed by atoms with van der Waals surface area (Å²) in [7, 11) is 0. The molecule has 0 radical (unpaired) electrons. The third kappa shape index (κ3) is 3.45. The monoisotopic (exact) mass is 373 g/mol. The number of rotatable bonds is 4. The SMILES string of the molecule is C=CCn1c(=S)[nH]c2cc(C(=O)Nc3cc(F)cc(F)c3)ccc2c1=O. The number of anilines is 1. The number of aromatic amines is 1. The van der Waals surface area contributed by atoms with Crippen molar-refractivity contribution in [3.63, 3.8) is 0 Å². The predicted octanol–water partition coefficient (Wildman–Crippen LogP) is 3.78. The van der Waals surface area contributed by atoms with Crippen molar-refractivity contribution in [3.8, 4) is 0 Å². The van der Waals surface area contributed by atoms with Gasteiger partial charge in [0.05, 0.1) is 10.9 Å². The van der Waals surface area contributed by atoms with Gasteiger partial charge in [-0.2, -0.15) is 0 Å². The van der Waals surface area contributed by atoms with E-state index in [1.54, 1.807) is 6.08 Å². The van der Waals surface area contributed by atoms with Gasteiger partial charge in [-0.05, 0) is 42.5 Å². The summed E-state index contributed by atoms with van der Waals surface area (Å²) >= 11 is 5.15. The molecule has 3 aromatic rings. The molecule has 2 N–H and O–H groups in total. The second kappa shape index (κ2) is 7.01. The van der Waals surface area contributed by atoms with Gasteiger partial charge in [-0.15, -0.1) is 6.58 Å². The number of aromatic nitrogens is 2. The second-order valence-electron chi connectivity index (χ2n) is 5.51. The largest absolute Gasteiger partial charge is 0.332 e. The van der Waals surface area contributed by atoms with Crippen molar-refractivity contribution < 1.29 is 13.6 Å². The van der Waals surface area contributed by atoms with Crippen LogP contribution >= 0.6 is 12.2 Å². The summed E-state index contributed by atoms with van der Waals surface area (Å²) in [5, 5.41) is 2.77. The molecule has 0 aliphatic heterocycles. The van der Waals surface area contributed by atoms with E-state index in [0.29, 0.717) is 17.0 Å². The Balaban J connectivity index is 1.99. The lowest BCUT2D eigenvalue weighted by atomic mass is 10.1. The zero-order valence-corrected chi connectivity index (χ0v) is 14.2. The highest BCUT2D eigenvalue weighted by atomic mass is 32.1. The van der Waals surface area contributed by atoms with Gasteiger partial charge in [0, 0.05) is 23.9 Å². The fourth-order valence-electron chi connectivity index (χ4n) is 2.52. The lowest BCUT2D eigenvalue weighted by Gasteiger charge is -2.08. The molecule has 0 aliphatic rings. The van der Waals surface area contributed by atoms with Gasteiger partial charge in [-0.3, -0.25) is 14.2 Å². The van der Waals surface area contributed by atoms with Crippen LogP contribution in [0.3, 0.4) is 0 Å². The van der Waals surface area contributed by atoms with Crippen LogP contribution in [0, 0.1) is 16.4 Å². The first kappa shape index (κ1) is 17.7. The van der Waals surface area contributed by atoms with Crippen LogP contribution in [0.2, 0.25) is 0 Å². The first-order valence-corrected chi connectivity index (χ1v) is 7.95. The van der Waals surface area contributed by atoms with Crippen LogP contribution in [0.5, 0.6) is 0 Å². The van der Waals surface area contributed by atoms with Crippen LogP contribution in [0.4, 0.5) is 14.5 Å². The molecule has 1 amide bonds. The van der Waals surface area contributed by atoms with E-state index in [-0.39, 0.29) is 28.1 Å². The number of nitrogens with one attached hydrogen (secondary N) is 2. The van der Waals surface area contributed by atoms with E-state index in [1.165, 1.54) is 22.8 Å². The Bertz CT molecular complexity index is 1130. The molecule has 0 spiro atoms. The minimum atomic E-state index is -0.800. The molecule has 0 unspecified atom stereocenters. The topological polar surface area (TPSA) is 66.9 Å². The number of nitrogens with zero attached hydrogens (tertiary/aromatic N) is 1. The van der Waals surface area contributed by atoms with Gasteiger partial charge in [-0.25, -0.2) is 8.78 Å². The number of carbonyl (C=O) groups is 1. The lowest BCUT2D eigenvalue weighted by Crippen LogP contribution is -2.22. The molecule has 26 heavy (non-hydrogen) atoms. The third-order valence-electron chi connectivity index (χ3n) is 3.68. The Morgan fingerprint density at radius 1 is 1.23 bits per heavy atom. The Kier molecular flexibility index (Phi) is 4.77. The quantitative estimate of drug-likeness (QED) is 0.540. The molecule has 0 fully saturated rings. The summed E-state index contributed by atoms with van der Waals surface area (Å²) in [5.74, 6) is -2.18. The number of hydrogen-bond donors (Lipinski definition) is 2. The molecule has 132 valence electrons. The van der Waals surface area contributed by atoms with Crippen LogP contribution in [0.25, 0.3) is 10.9 Å². The number of halogens is 2. The Morgan fingerprint density at radius 2 is 1.92 bits per heavy atom. The highest BCUT2D eigenvalue weighted by Gasteiger charge is 2.11. The van der Waals surface area contributed by atoms with Crippen molar-refractivity contribution in [1.82, 2.24) is 9.55 Å². The van der Waals surface area contributed by atoms with Crippen molar-refractivity contribution in [2.45, 2.75) is 6.54 Å². The van der Waals surface area contributed by atoms with Gasteiger partial charge < -0.3 is 10.3 Å². The molecule has 2 aromatic carbocycles. The summed E-state index contributed by atoms with van der Waals surface area (Å²) in [6.45, 7) is 3.84. The summed E-state index contributed by atoms with van der Waals surface area (Å²) in [4.78, 5) is 27.6. The second-order valence-corrected chi connectivity index (χ2v) is 5.89. The number of carbonyl (C=O) groups excluding carboxylic acids is 1. The summed E-state index contributed by atoms with van der Waals surface area (Å²) in [5.41, 5.74) is 0.275. The normalized spacial score (nSPS) is 10.7. The Labute approximate surface area is 151 Å². The summed E-state index contributed by atoms with van der Waals surface area (Å²) in [6.07, 6.45) is 1.55. The third-order valence-corrected chi connectivity index (χ3v) is 4.00. The van der Waals surface area contributed by atoms with Crippen molar-refractivity contribution >= 4 is 34.7 Å². The number of allylic oxidation sites excluding steroid dienone is 1. The highest BCUT2D eigenvalue weighted by molar-refractivity contribution is 7.71. The molecule has 1 heterocycles. The minimum Gasteiger partial charge on any atom is -0.332 e. The average Bonchev–Trinajstić information content (AvgIpc) is 2.57. The van der Waals surface area contributed by atoms with Gasteiger partial charge >= 0.3 is 0 Å². The standard InChI is InChI=1S/C18H13F2N3O2S/c1-2-5-23-17(25)14-4-3-10(6-15(14)22-18(23)26)16(24)21-13-8-11(19)7-12(20)9-13/h2-4,6-9H,1,5H2,(H,21,24)(H,22,26). The maximum absolute atomic E-state index is 13.2. The minimum absolute atomic E-state index is 0.0121. The smallest absolute Gasteiger partial charge is 0.262 e. The zero-order chi connectivity index (χ0) is 18.8. The predicted molar refractivity (Wildman–Crippen MR) is 97.9 cm³/mol. The van der Waals surface area contributed by atoms with Gasteiger partial charge in [0.2, 0.25) is 0 Å². The van der Waals surface area contributed by atoms with Crippen LogP contribution in [-0.2, 0) is 6.54 Å². The van der Waals surface area contributed by atoms with Crippen molar-refractivity contribution in [2.75, 3.05) is 5.32 Å². The van der Waals surface area contributed by atoms with Gasteiger partial charge in [-0.1, -0.05) is 6.08 Å². The molecule has 0 saturated carbocycles. The average molecular weight is 373 g/mol. The number of H-pyrrole nitrogens is 1. The first-order chi connectivity index (χ1) is 12.4. The van der Waals surface area contributed by atoms with Gasteiger partial charge in [0.1, 0.15) is 11.6 Å². The van der Waals surface area contributed by atoms with E-state index in [0.717, 1.165) is 12.1 Å². The van der Waals surface area contributed by atoms with Crippen LogP contribution in [0.1, 0.15) is 10.4 Å². The number of benzene rings is 2. The van der Waals surface area contributed by atoms with Crippen LogP contribution in [-0.4, -0.2) is 15.5 Å². The van der Waals surface area contributed by atoms with Crippen molar-refractivity contribution in [1.29, 1.82) is 0 Å². The number of hydrogen-bond acceptors (Lipinski definition) is 3. The molecule has 8 heteroatoms. The fraction of sp³-hybridized carbons (Fsp3) is 0.0556. The van der Waals surface area contributed by atoms with Crippen molar-refractivity contribution in [2.24, 2.45) is 0 Å². The maximum atomic E-state index is 13.2. The van der Waals surface area contributed by atoms with E-state index >= 15 is 0 Å². The molecule has 0 aliphatic carbocycles. The Morgan fingerprint density at radius 3 is 2.58 bits per heavy atom. The molecule has 5 nitrogen and oxygen atoms in total. The van der Waals surface area contributed by atoms with Crippen molar-refractivity contribution in [3.05, 3.63) is 81.4 Å². The summed E-state index contributed by atoms with van der Waals surface area (Å²) in [6, 6.07) is 7.11. The maximum Gasteiger partial charge on any atom is 0.262 e. The molecular weight excluding hydrogens is 360 g/mol. The first-order valence-electron chi connectivity index (χ1n) is 7.54. The molecule has 0 saturated heterocycles. The van der Waals surface area contributed by atoms with Crippen LogP contribution in [0.15, 0.2) is 53.8 Å². The van der Waals surface area contributed by atoms with Gasteiger partial charge in [0.25, 0.3) is 11.5 Å². The molecule has 0 bridgehead atoms. The molecule has 0 atom stereocenters. The summed E-state index contributed by atoms with van der Waals surface area (Å²) < 4.78 is 28.0. The number of amides is 1. The van der Waals surface area contributed by atoms with E-state index in [4.69, 9.17) is 12.2 Å². The van der Waals surface area contributed by atoms with Crippen LogP contribution < -0.4 is 10.9 Å². The van der Waals surface area contributed by atoms with E-state index in [1.807, 2.05) is 0 Å². The Hall–Kier alpha value is -3.13. The zero-order valence-electron chi connectivity index (χ0n) is 13.4. The van der Waals surface area contributed by atoms with E-state index < -0.39 is 17.5 Å². The van der Waals surface area contributed by atoms with E-state index in [2.05, 4.69) is 16.9 Å². The number of fused-ring (bicyclic) bond motifs is 1.